The molecule has 1 saturated heterocycles. The van der Waals surface area contributed by atoms with Crippen LogP contribution >= 0.6 is 0 Å². The highest BCUT2D eigenvalue weighted by Crippen LogP contribution is 2.28. The van der Waals surface area contributed by atoms with Gasteiger partial charge in [0.05, 0.1) is 52.3 Å². The first-order chi connectivity index (χ1) is 19.4. The van der Waals surface area contributed by atoms with Crippen LogP contribution in [0.4, 0.5) is 0 Å². The van der Waals surface area contributed by atoms with E-state index >= 15 is 0 Å². The maximum atomic E-state index is 13.3. The van der Waals surface area contributed by atoms with E-state index in [4.69, 9.17) is 23.7 Å². The predicted molar refractivity (Wildman–Crippen MR) is 150 cm³/mol. The van der Waals surface area contributed by atoms with Crippen molar-refractivity contribution in [3.63, 3.8) is 0 Å². The van der Waals surface area contributed by atoms with Crippen LogP contribution in [-0.4, -0.2) is 82.8 Å². The monoisotopic (exact) mass is 548 g/mol. The standard InChI is InChI=1S/C31H36N2O7/c1-36-25-7-5-6-24(18-25)29(40-21-22-8-10-23(11-9-22)31(35)39-4)20-32-14-16-33(17-15-32)30(34)27-13-12-26(37-2)19-28(27)38-3/h5-13,18-19,29H,14-17,20-21H2,1-4H3/t29-/m1/s1. The minimum absolute atomic E-state index is 0.0600. The maximum absolute atomic E-state index is 13.3. The molecule has 212 valence electrons. The second-order valence-electron chi connectivity index (χ2n) is 9.42. The van der Waals surface area contributed by atoms with E-state index in [-0.39, 0.29) is 18.0 Å². The van der Waals surface area contributed by atoms with Crippen LogP contribution in [0.1, 0.15) is 37.9 Å². The Morgan fingerprint density at radius 2 is 1.50 bits per heavy atom. The number of rotatable bonds is 11. The molecule has 0 aliphatic carbocycles. The number of carbonyl (C=O) groups is 2. The number of hydrogen-bond acceptors (Lipinski definition) is 8. The van der Waals surface area contributed by atoms with Crippen molar-refractivity contribution in [3.05, 3.63) is 89.0 Å². The van der Waals surface area contributed by atoms with E-state index in [1.165, 1.54) is 7.11 Å². The smallest absolute Gasteiger partial charge is 0.337 e. The van der Waals surface area contributed by atoms with Crippen molar-refractivity contribution in [2.24, 2.45) is 0 Å². The molecule has 9 nitrogen and oxygen atoms in total. The van der Waals surface area contributed by atoms with Gasteiger partial charge in [-0.05, 0) is 47.5 Å². The molecule has 0 radical (unpaired) electrons. The van der Waals surface area contributed by atoms with E-state index in [1.807, 2.05) is 41.3 Å². The van der Waals surface area contributed by atoms with Crippen molar-refractivity contribution in [2.75, 3.05) is 61.2 Å². The summed E-state index contributed by atoms with van der Waals surface area (Å²) in [6.07, 6.45) is -0.223. The molecule has 1 amide bonds. The molecule has 0 spiro atoms. The van der Waals surface area contributed by atoms with Gasteiger partial charge in [-0.1, -0.05) is 24.3 Å². The second kappa shape index (κ2) is 13.8. The number of hydrogen-bond donors (Lipinski definition) is 0. The summed E-state index contributed by atoms with van der Waals surface area (Å²) in [5.41, 5.74) is 2.97. The Morgan fingerprint density at radius 1 is 0.800 bits per heavy atom. The van der Waals surface area contributed by atoms with Gasteiger partial charge in [0.1, 0.15) is 17.2 Å². The fourth-order valence-electron chi connectivity index (χ4n) is 4.66. The molecule has 1 aliphatic rings. The van der Waals surface area contributed by atoms with E-state index in [0.717, 1.165) is 16.9 Å². The largest absolute Gasteiger partial charge is 0.497 e. The molecule has 3 aromatic rings. The summed E-state index contributed by atoms with van der Waals surface area (Å²) in [4.78, 5) is 29.2. The molecule has 40 heavy (non-hydrogen) atoms. The number of methoxy groups -OCH3 is 4. The number of esters is 1. The van der Waals surface area contributed by atoms with Crippen molar-refractivity contribution < 1.29 is 33.3 Å². The molecule has 0 bridgehead atoms. The van der Waals surface area contributed by atoms with E-state index in [9.17, 15) is 9.59 Å². The minimum Gasteiger partial charge on any atom is -0.497 e. The van der Waals surface area contributed by atoms with Crippen LogP contribution in [-0.2, 0) is 16.1 Å². The summed E-state index contributed by atoms with van der Waals surface area (Å²) in [5.74, 6) is 1.47. The highest BCUT2D eigenvalue weighted by Gasteiger charge is 2.27. The number of amides is 1. The first-order valence-corrected chi connectivity index (χ1v) is 13.1. The molecule has 0 N–H and O–H groups in total. The van der Waals surface area contributed by atoms with Crippen LogP contribution in [0.5, 0.6) is 17.2 Å². The number of carbonyl (C=O) groups excluding carboxylic acids is 2. The average molecular weight is 549 g/mol. The maximum Gasteiger partial charge on any atom is 0.337 e. The summed E-state index contributed by atoms with van der Waals surface area (Å²) in [6.45, 7) is 3.63. The number of ether oxygens (including phenoxy) is 5. The van der Waals surface area contributed by atoms with Crippen LogP contribution in [0.25, 0.3) is 0 Å². The zero-order chi connectivity index (χ0) is 28.5. The third kappa shape index (κ3) is 7.11. The molecule has 0 aromatic heterocycles. The lowest BCUT2D eigenvalue weighted by molar-refractivity contribution is 0.00329. The zero-order valence-electron chi connectivity index (χ0n) is 23.4. The molecule has 1 heterocycles. The fourth-order valence-corrected chi connectivity index (χ4v) is 4.66. The SMILES string of the molecule is COC(=O)c1ccc(CO[C@H](CN2CCN(C(=O)c3ccc(OC)cc3OC)CC2)c2cccc(OC)c2)cc1. The summed E-state index contributed by atoms with van der Waals surface area (Å²) in [7, 11) is 6.14. The highest BCUT2D eigenvalue weighted by molar-refractivity contribution is 5.97. The molecule has 4 rings (SSSR count). The summed E-state index contributed by atoms with van der Waals surface area (Å²) >= 11 is 0. The Bertz CT molecular complexity index is 1290. The Balaban J connectivity index is 1.41. The van der Waals surface area contributed by atoms with Crippen molar-refractivity contribution in [3.8, 4) is 17.2 Å². The van der Waals surface area contributed by atoms with Gasteiger partial charge in [0.25, 0.3) is 5.91 Å². The normalized spacial score (nSPS) is 14.3. The van der Waals surface area contributed by atoms with Crippen LogP contribution < -0.4 is 14.2 Å². The van der Waals surface area contributed by atoms with E-state index in [2.05, 4.69) is 4.90 Å². The zero-order valence-corrected chi connectivity index (χ0v) is 23.4. The Kier molecular flexibility index (Phi) is 9.99. The molecule has 0 unspecified atom stereocenters. The van der Waals surface area contributed by atoms with Crippen molar-refractivity contribution >= 4 is 11.9 Å². The molecular formula is C31H36N2O7. The van der Waals surface area contributed by atoms with Gasteiger partial charge in [-0.25, -0.2) is 4.79 Å². The van der Waals surface area contributed by atoms with Gasteiger partial charge in [0.15, 0.2) is 0 Å². The number of benzene rings is 3. The summed E-state index contributed by atoms with van der Waals surface area (Å²) < 4.78 is 27.3. The van der Waals surface area contributed by atoms with Gasteiger partial charge in [-0.3, -0.25) is 9.69 Å². The lowest BCUT2D eigenvalue weighted by Crippen LogP contribution is -2.49. The summed E-state index contributed by atoms with van der Waals surface area (Å²) in [5, 5.41) is 0. The van der Waals surface area contributed by atoms with Crippen molar-refractivity contribution in [1.82, 2.24) is 9.80 Å². The Labute approximate surface area is 235 Å². The third-order valence-corrected chi connectivity index (χ3v) is 7.01. The van der Waals surface area contributed by atoms with Gasteiger partial charge in [-0.15, -0.1) is 0 Å². The van der Waals surface area contributed by atoms with E-state index < -0.39 is 0 Å². The van der Waals surface area contributed by atoms with Gasteiger partial charge in [0.2, 0.25) is 0 Å². The van der Waals surface area contributed by atoms with Gasteiger partial charge >= 0.3 is 5.97 Å². The highest BCUT2D eigenvalue weighted by atomic mass is 16.5. The van der Waals surface area contributed by atoms with E-state index in [0.29, 0.717) is 62.0 Å². The molecule has 3 aromatic carbocycles. The number of piperazine rings is 1. The number of nitrogens with zero attached hydrogens (tertiary/aromatic N) is 2. The molecule has 9 heteroatoms. The molecule has 1 fully saturated rings. The van der Waals surface area contributed by atoms with Gasteiger partial charge in [0, 0.05) is 38.8 Å². The topological polar surface area (TPSA) is 86.8 Å². The molecule has 1 aliphatic heterocycles. The lowest BCUT2D eigenvalue weighted by Gasteiger charge is -2.36. The minimum atomic E-state index is -0.371. The van der Waals surface area contributed by atoms with Crippen LogP contribution in [0.3, 0.4) is 0 Å². The van der Waals surface area contributed by atoms with Crippen LogP contribution in [0, 0.1) is 0 Å². The fraction of sp³-hybridized carbons (Fsp3) is 0.355. The van der Waals surface area contributed by atoms with Crippen LogP contribution in [0.15, 0.2) is 66.7 Å². The Morgan fingerprint density at radius 3 is 2.15 bits per heavy atom. The first kappa shape index (κ1) is 28.9. The van der Waals surface area contributed by atoms with Crippen molar-refractivity contribution in [2.45, 2.75) is 12.7 Å². The van der Waals surface area contributed by atoms with E-state index in [1.54, 1.807) is 51.7 Å². The lowest BCUT2D eigenvalue weighted by atomic mass is 10.1. The molecule has 0 saturated carbocycles. The van der Waals surface area contributed by atoms with Gasteiger partial charge in [-0.2, -0.15) is 0 Å². The second-order valence-corrected chi connectivity index (χ2v) is 9.42. The molecule has 1 atom stereocenters. The predicted octanol–water partition coefficient (Wildman–Crippen LogP) is 4.21. The quantitative estimate of drug-likeness (QED) is 0.330. The third-order valence-electron chi connectivity index (χ3n) is 7.01. The molecular weight excluding hydrogens is 512 g/mol. The first-order valence-electron chi connectivity index (χ1n) is 13.1. The Hall–Kier alpha value is -4.08. The van der Waals surface area contributed by atoms with Crippen LogP contribution in [0.2, 0.25) is 0 Å². The van der Waals surface area contributed by atoms with Gasteiger partial charge < -0.3 is 28.6 Å². The summed E-state index contributed by atoms with van der Waals surface area (Å²) in [6, 6.07) is 20.3. The van der Waals surface area contributed by atoms with Crippen molar-refractivity contribution in [1.29, 1.82) is 0 Å². The average Bonchev–Trinajstić information content (AvgIpc) is 3.02.